The second-order valence-corrected chi connectivity index (χ2v) is 12.2. The van der Waals surface area contributed by atoms with E-state index in [4.69, 9.17) is 4.74 Å². The second kappa shape index (κ2) is 8.91. The van der Waals surface area contributed by atoms with E-state index >= 15 is 0 Å². The summed E-state index contributed by atoms with van der Waals surface area (Å²) in [5.41, 5.74) is 3.84. The van der Waals surface area contributed by atoms with E-state index in [0.717, 1.165) is 28.0 Å². The highest BCUT2D eigenvalue weighted by atomic mass is 16.5. The van der Waals surface area contributed by atoms with E-state index in [2.05, 4.69) is 22.4 Å². The minimum atomic E-state index is -1.30. The highest BCUT2D eigenvalue weighted by molar-refractivity contribution is 6.17. The molecule has 204 valence electrons. The van der Waals surface area contributed by atoms with Crippen molar-refractivity contribution in [2.45, 2.75) is 52.1 Å². The second-order valence-electron chi connectivity index (χ2n) is 12.2. The average molecular weight is 535 g/mol. The Kier molecular flexibility index (Phi) is 5.81. The smallest absolute Gasteiger partial charge is 0.238 e. The number of hydrogen-bond donors (Lipinski definition) is 1. The van der Waals surface area contributed by atoms with Crippen molar-refractivity contribution in [3.05, 3.63) is 95.1 Å². The van der Waals surface area contributed by atoms with Gasteiger partial charge in [-0.05, 0) is 67.4 Å². The first-order valence-electron chi connectivity index (χ1n) is 13.7. The maximum atomic E-state index is 14.8. The first-order chi connectivity index (χ1) is 19.0. The van der Waals surface area contributed by atoms with E-state index in [-0.39, 0.29) is 17.5 Å². The van der Waals surface area contributed by atoms with Crippen LogP contribution in [0.1, 0.15) is 54.7 Å². The molecule has 1 spiro atoms. The molecular weight excluding hydrogens is 500 g/mol. The van der Waals surface area contributed by atoms with Crippen LogP contribution in [0.2, 0.25) is 0 Å². The summed E-state index contributed by atoms with van der Waals surface area (Å²) in [5, 5.41) is 3.09. The first kappa shape index (κ1) is 26.1. The van der Waals surface area contributed by atoms with Crippen LogP contribution in [0.25, 0.3) is 5.57 Å². The lowest BCUT2D eigenvalue weighted by molar-refractivity contribution is -0.128. The van der Waals surface area contributed by atoms with Gasteiger partial charge in [0.15, 0.2) is 11.6 Å². The summed E-state index contributed by atoms with van der Waals surface area (Å²) in [6.45, 7) is 9.73. The summed E-state index contributed by atoms with van der Waals surface area (Å²) in [4.78, 5) is 45.8. The van der Waals surface area contributed by atoms with E-state index in [0.29, 0.717) is 17.0 Å². The molecule has 3 aliphatic heterocycles. The Hall–Kier alpha value is -4.19. The number of nitrogens with zero attached hydrogens (tertiary/aromatic N) is 1. The lowest BCUT2D eigenvalue weighted by Crippen LogP contribution is -2.51. The molecule has 0 bridgehead atoms. The van der Waals surface area contributed by atoms with Gasteiger partial charge in [0, 0.05) is 27.9 Å². The molecule has 1 saturated heterocycles. The molecule has 0 saturated carbocycles. The van der Waals surface area contributed by atoms with Crippen molar-refractivity contribution >= 4 is 34.4 Å². The number of nitrogens with one attached hydrogen (secondary N) is 1. The van der Waals surface area contributed by atoms with Crippen LogP contribution in [0.5, 0.6) is 5.75 Å². The van der Waals surface area contributed by atoms with Crippen molar-refractivity contribution in [3.63, 3.8) is 0 Å². The van der Waals surface area contributed by atoms with Gasteiger partial charge in [0.25, 0.3) is 0 Å². The number of ketones is 2. The molecule has 1 fully saturated rings. The topological polar surface area (TPSA) is 75.7 Å². The van der Waals surface area contributed by atoms with Crippen LogP contribution < -0.4 is 15.0 Å². The van der Waals surface area contributed by atoms with Crippen molar-refractivity contribution < 1.29 is 19.1 Å². The lowest BCUT2D eigenvalue weighted by Gasteiger charge is -2.40. The Bertz CT molecular complexity index is 1600. The van der Waals surface area contributed by atoms with Crippen LogP contribution in [0.3, 0.4) is 0 Å². The van der Waals surface area contributed by atoms with Crippen LogP contribution in [-0.2, 0) is 15.0 Å². The molecular formula is C34H34N2O4. The quantitative estimate of drug-likeness (QED) is 0.417. The number of carbonyl (C=O) groups is 3. The Morgan fingerprint density at radius 2 is 1.68 bits per heavy atom. The Morgan fingerprint density at radius 3 is 2.35 bits per heavy atom. The Morgan fingerprint density at radius 1 is 0.975 bits per heavy atom. The average Bonchev–Trinajstić information content (AvgIpc) is 3.39. The normalized spacial score (nSPS) is 24.6. The number of methoxy groups -OCH3 is 1. The highest BCUT2D eigenvalue weighted by Gasteiger charge is 2.71. The standard InChI is InChI=1S/C34H34N2O4/c1-19-11-16-26-23(17-19)20(2)18-27-34(24-9-7-8-10-25(24)35-32(34)39)28(29(36(26)27)31(38)33(3,4)5)30(37)21-12-14-22(40-6)15-13-21/h7-18,27-29H,1-6H3,(H,35,39)/t27-,28-,29+,34+/m0/s1. The van der Waals surface area contributed by atoms with Crippen LogP contribution in [0.4, 0.5) is 11.4 Å². The van der Waals surface area contributed by atoms with Crippen LogP contribution >= 0.6 is 0 Å². The fraction of sp³-hybridized carbons (Fsp3) is 0.324. The number of Topliss-reactive ketones (excluding diaryl/α,β-unsaturated/α-hetero) is 2. The van der Waals surface area contributed by atoms with Crippen molar-refractivity contribution in [3.8, 4) is 5.75 Å². The number of rotatable bonds is 4. The minimum absolute atomic E-state index is 0.0714. The summed E-state index contributed by atoms with van der Waals surface area (Å²) >= 11 is 0. The van der Waals surface area contributed by atoms with Gasteiger partial charge in [0.1, 0.15) is 17.2 Å². The summed E-state index contributed by atoms with van der Waals surface area (Å²) in [6.07, 6.45) is 2.09. The first-order valence-corrected chi connectivity index (χ1v) is 13.7. The molecule has 0 radical (unpaired) electrons. The van der Waals surface area contributed by atoms with Gasteiger partial charge >= 0.3 is 0 Å². The molecule has 0 unspecified atom stereocenters. The molecule has 40 heavy (non-hydrogen) atoms. The number of hydrogen-bond acceptors (Lipinski definition) is 5. The molecule has 6 nitrogen and oxygen atoms in total. The molecule has 0 aliphatic carbocycles. The zero-order valence-corrected chi connectivity index (χ0v) is 23.7. The molecule has 4 atom stereocenters. The van der Waals surface area contributed by atoms with E-state index in [9.17, 15) is 14.4 Å². The van der Waals surface area contributed by atoms with Crippen LogP contribution in [-0.4, -0.2) is 36.7 Å². The summed E-state index contributed by atoms with van der Waals surface area (Å²) in [5.74, 6) is -0.884. The van der Waals surface area contributed by atoms with Gasteiger partial charge in [-0.1, -0.05) is 56.7 Å². The third kappa shape index (κ3) is 3.51. The maximum Gasteiger partial charge on any atom is 0.238 e. The monoisotopic (exact) mass is 534 g/mol. The number of aryl methyl sites for hydroxylation is 1. The fourth-order valence-electron chi connectivity index (χ4n) is 6.92. The van der Waals surface area contributed by atoms with Gasteiger partial charge in [-0.2, -0.15) is 0 Å². The number of fused-ring (bicyclic) bond motifs is 6. The molecule has 3 aromatic rings. The largest absolute Gasteiger partial charge is 0.497 e. The van der Waals surface area contributed by atoms with Crippen molar-refractivity contribution in [1.82, 2.24) is 0 Å². The molecule has 6 heteroatoms. The van der Waals surface area contributed by atoms with E-state index in [1.165, 1.54) is 0 Å². The van der Waals surface area contributed by atoms with Crippen LogP contribution in [0, 0.1) is 18.3 Å². The third-order valence-electron chi connectivity index (χ3n) is 8.80. The molecule has 0 aromatic heterocycles. The predicted molar refractivity (Wildman–Crippen MR) is 157 cm³/mol. The van der Waals surface area contributed by atoms with Crippen molar-refractivity contribution in [2.24, 2.45) is 11.3 Å². The van der Waals surface area contributed by atoms with E-state index in [1.807, 2.05) is 71.0 Å². The zero-order chi connectivity index (χ0) is 28.6. The van der Waals surface area contributed by atoms with Crippen molar-refractivity contribution in [1.29, 1.82) is 0 Å². The third-order valence-corrected chi connectivity index (χ3v) is 8.80. The Balaban J connectivity index is 1.69. The number of amides is 1. The summed E-state index contributed by atoms with van der Waals surface area (Å²) in [7, 11) is 1.58. The molecule has 3 aliphatic rings. The maximum absolute atomic E-state index is 14.8. The van der Waals surface area contributed by atoms with Gasteiger partial charge in [0.05, 0.1) is 19.1 Å². The lowest BCUT2D eigenvalue weighted by atomic mass is 9.63. The van der Waals surface area contributed by atoms with Crippen LogP contribution in [0.15, 0.2) is 72.8 Å². The number of allylic oxidation sites excluding steroid dienone is 1. The molecule has 3 aromatic carbocycles. The van der Waals surface area contributed by atoms with E-state index in [1.54, 1.807) is 31.4 Å². The van der Waals surface area contributed by atoms with Gasteiger partial charge < -0.3 is 15.0 Å². The van der Waals surface area contributed by atoms with E-state index < -0.39 is 28.8 Å². The Labute approximate surface area is 235 Å². The highest BCUT2D eigenvalue weighted by Crippen LogP contribution is 2.59. The fourth-order valence-corrected chi connectivity index (χ4v) is 6.92. The number of benzene rings is 3. The molecule has 1 N–H and O–H groups in total. The molecule has 3 heterocycles. The van der Waals surface area contributed by atoms with Gasteiger partial charge in [0.2, 0.25) is 5.91 Å². The van der Waals surface area contributed by atoms with Gasteiger partial charge in [-0.25, -0.2) is 0 Å². The zero-order valence-electron chi connectivity index (χ0n) is 23.7. The minimum Gasteiger partial charge on any atom is -0.497 e. The SMILES string of the molecule is COc1ccc(C(=O)[C@@H]2[C@H](C(=O)C(C)(C)C)N3c4ccc(C)cc4C(C)=C[C@H]3[C@@]23C(=O)Nc2ccccc23)cc1. The number of anilines is 2. The molecule has 1 amide bonds. The number of ether oxygens (including phenoxy) is 1. The molecule has 6 rings (SSSR count). The predicted octanol–water partition coefficient (Wildman–Crippen LogP) is 5.98. The number of para-hydroxylation sites is 1. The van der Waals surface area contributed by atoms with Gasteiger partial charge in [-0.3, -0.25) is 14.4 Å². The van der Waals surface area contributed by atoms with Gasteiger partial charge in [-0.15, -0.1) is 0 Å². The number of carbonyl (C=O) groups excluding carboxylic acids is 3. The van der Waals surface area contributed by atoms with Crippen molar-refractivity contribution in [2.75, 3.05) is 17.3 Å². The summed E-state index contributed by atoms with van der Waals surface area (Å²) < 4.78 is 5.33. The summed E-state index contributed by atoms with van der Waals surface area (Å²) in [6, 6.07) is 19.3.